The van der Waals surface area contributed by atoms with E-state index in [0.29, 0.717) is 0 Å². The van der Waals surface area contributed by atoms with Crippen LogP contribution in [0.15, 0.2) is 133 Å². The quantitative estimate of drug-likeness (QED) is 0.153. The van der Waals surface area contributed by atoms with Crippen molar-refractivity contribution in [3.05, 3.63) is 145 Å². The van der Waals surface area contributed by atoms with Crippen LogP contribution in [0.2, 0.25) is 0 Å². The molecule has 0 aliphatic carbocycles. The third kappa shape index (κ3) is 3.24. The minimum Gasteiger partial charge on any atom is -0.0616 e. The molecule has 9 aromatic carbocycles. The van der Waals surface area contributed by atoms with Gasteiger partial charge in [-0.1, -0.05) is 115 Å². The van der Waals surface area contributed by atoms with E-state index >= 15 is 0 Å². The number of hydrogen-bond acceptors (Lipinski definition) is 0. The van der Waals surface area contributed by atoms with Crippen LogP contribution < -0.4 is 0 Å². The summed E-state index contributed by atoms with van der Waals surface area (Å²) in [6, 6.07) is 49.9. The van der Waals surface area contributed by atoms with Crippen LogP contribution in [-0.2, 0) is 0 Å². The average molecular weight is 533 g/mol. The van der Waals surface area contributed by atoms with E-state index in [-0.39, 0.29) is 0 Å². The van der Waals surface area contributed by atoms with Crippen molar-refractivity contribution in [1.29, 1.82) is 0 Å². The summed E-state index contributed by atoms with van der Waals surface area (Å²) >= 11 is 0. The van der Waals surface area contributed by atoms with Crippen molar-refractivity contribution in [2.45, 2.75) is 13.8 Å². The molecule has 0 nitrogen and oxygen atoms in total. The van der Waals surface area contributed by atoms with Crippen molar-refractivity contribution in [1.82, 2.24) is 0 Å². The predicted molar refractivity (Wildman–Crippen MR) is 183 cm³/mol. The first kappa shape index (κ1) is 23.5. The summed E-state index contributed by atoms with van der Waals surface area (Å²) in [7, 11) is 0. The lowest BCUT2D eigenvalue weighted by atomic mass is 9.85. The molecule has 0 atom stereocenters. The van der Waals surface area contributed by atoms with Crippen LogP contribution in [-0.4, -0.2) is 0 Å². The highest BCUT2D eigenvalue weighted by Crippen LogP contribution is 2.44. The maximum Gasteiger partial charge on any atom is -0.00205 e. The molecule has 0 aliphatic rings. The minimum absolute atomic E-state index is 1.26. The van der Waals surface area contributed by atoms with Crippen molar-refractivity contribution < 1.29 is 0 Å². The van der Waals surface area contributed by atoms with Crippen molar-refractivity contribution in [3.63, 3.8) is 0 Å². The molecule has 196 valence electrons. The molecular formula is C42H28. The zero-order valence-corrected chi connectivity index (χ0v) is 23.7. The van der Waals surface area contributed by atoms with Gasteiger partial charge in [-0.3, -0.25) is 0 Å². The van der Waals surface area contributed by atoms with E-state index in [9.17, 15) is 0 Å². The second-order valence-electron chi connectivity index (χ2n) is 11.8. The number of fused-ring (bicyclic) bond motifs is 3. The number of hydrogen-bond donors (Lipinski definition) is 0. The lowest BCUT2D eigenvalue weighted by Crippen LogP contribution is -1.92. The normalized spacial score (nSPS) is 12.0. The molecule has 9 rings (SSSR count). The highest BCUT2D eigenvalue weighted by Gasteiger charge is 2.17. The summed E-state index contributed by atoms with van der Waals surface area (Å²) in [5.74, 6) is 0. The molecule has 0 heterocycles. The second-order valence-corrected chi connectivity index (χ2v) is 11.8. The maximum atomic E-state index is 2.45. The van der Waals surface area contributed by atoms with Crippen LogP contribution in [0.3, 0.4) is 0 Å². The first-order valence-electron chi connectivity index (χ1n) is 14.8. The van der Waals surface area contributed by atoms with E-state index in [1.54, 1.807) is 0 Å². The van der Waals surface area contributed by atoms with Gasteiger partial charge in [0.2, 0.25) is 0 Å². The van der Waals surface area contributed by atoms with Crippen molar-refractivity contribution in [2.75, 3.05) is 0 Å². The van der Waals surface area contributed by atoms with Gasteiger partial charge < -0.3 is 0 Å². The third-order valence-electron chi connectivity index (χ3n) is 9.50. The third-order valence-corrected chi connectivity index (χ3v) is 9.50. The molecule has 0 amide bonds. The SMILES string of the molecule is Cc1c2ccccc2c(-c2ccc3ccccc3c2)c2cc(-c3cc4ccc(C)c5ccc6cccc3c6c45)ccc12. The average Bonchev–Trinajstić information content (AvgIpc) is 3.04. The van der Waals surface area contributed by atoms with Gasteiger partial charge >= 0.3 is 0 Å². The Bertz CT molecular complexity index is 2530. The van der Waals surface area contributed by atoms with Gasteiger partial charge in [-0.05, 0) is 130 Å². The molecule has 0 aromatic heterocycles. The lowest BCUT2D eigenvalue weighted by Gasteiger charge is -2.19. The molecule has 0 radical (unpaired) electrons. The molecule has 0 bridgehead atoms. The molecule has 0 fully saturated rings. The Hall–Kier alpha value is -5.20. The van der Waals surface area contributed by atoms with E-state index < -0.39 is 0 Å². The Morgan fingerprint density at radius 1 is 0.357 bits per heavy atom. The Balaban J connectivity index is 1.40. The zero-order chi connectivity index (χ0) is 27.9. The Labute approximate surface area is 244 Å². The predicted octanol–water partition coefficient (Wildman–Crippen LogP) is 12.0. The van der Waals surface area contributed by atoms with Gasteiger partial charge in [0, 0.05) is 0 Å². The smallest absolute Gasteiger partial charge is 0.00205 e. The fourth-order valence-corrected chi connectivity index (χ4v) is 7.43. The van der Waals surface area contributed by atoms with Gasteiger partial charge in [-0.2, -0.15) is 0 Å². The van der Waals surface area contributed by atoms with Crippen molar-refractivity contribution in [2.24, 2.45) is 0 Å². The molecule has 0 saturated heterocycles. The van der Waals surface area contributed by atoms with Crippen LogP contribution in [0.25, 0.3) is 86.9 Å². The molecule has 0 saturated carbocycles. The van der Waals surface area contributed by atoms with E-state index in [2.05, 4.69) is 147 Å². The van der Waals surface area contributed by atoms with Gasteiger partial charge in [-0.25, -0.2) is 0 Å². The highest BCUT2D eigenvalue weighted by atomic mass is 14.2. The second kappa shape index (κ2) is 8.65. The van der Waals surface area contributed by atoms with E-state index in [1.807, 2.05) is 0 Å². The van der Waals surface area contributed by atoms with E-state index in [1.165, 1.54) is 98.0 Å². The summed E-state index contributed by atoms with van der Waals surface area (Å²) in [5.41, 5.74) is 7.79. The fraction of sp³-hybridized carbons (Fsp3) is 0.0476. The minimum atomic E-state index is 1.26. The van der Waals surface area contributed by atoms with Crippen LogP contribution in [0.5, 0.6) is 0 Å². The first-order valence-corrected chi connectivity index (χ1v) is 14.8. The standard InChI is InChI=1S/C42H28/c1-25-14-15-32-24-38(37-13-7-10-28-18-20-33(25)42(32)41(28)37)30-19-21-35-26(2)34-11-5-6-12-36(34)40(39(35)23-30)31-17-16-27-8-3-4-9-29(27)22-31/h3-24H,1-2H3. The Morgan fingerprint density at radius 2 is 1.00 bits per heavy atom. The molecule has 0 aliphatic heterocycles. The number of aryl methyl sites for hydroxylation is 2. The van der Waals surface area contributed by atoms with Gasteiger partial charge in [0.05, 0.1) is 0 Å². The van der Waals surface area contributed by atoms with Gasteiger partial charge in [0.25, 0.3) is 0 Å². The number of benzene rings is 9. The first-order chi connectivity index (χ1) is 20.7. The molecule has 0 unspecified atom stereocenters. The highest BCUT2D eigenvalue weighted by molar-refractivity contribution is 6.27. The molecule has 42 heavy (non-hydrogen) atoms. The van der Waals surface area contributed by atoms with E-state index in [4.69, 9.17) is 0 Å². The Kier molecular flexibility index (Phi) is 4.84. The van der Waals surface area contributed by atoms with Gasteiger partial charge in [-0.15, -0.1) is 0 Å². The fourth-order valence-electron chi connectivity index (χ4n) is 7.43. The summed E-state index contributed by atoms with van der Waals surface area (Å²) < 4.78 is 0. The van der Waals surface area contributed by atoms with Crippen LogP contribution in [0.4, 0.5) is 0 Å². The number of rotatable bonds is 2. The summed E-state index contributed by atoms with van der Waals surface area (Å²) in [5, 5.41) is 15.8. The summed E-state index contributed by atoms with van der Waals surface area (Å²) in [6.07, 6.45) is 0. The Morgan fingerprint density at radius 3 is 1.90 bits per heavy atom. The molecule has 0 N–H and O–H groups in total. The van der Waals surface area contributed by atoms with Crippen molar-refractivity contribution in [3.8, 4) is 22.3 Å². The van der Waals surface area contributed by atoms with Gasteiger partial charge in [0.1, 0.15) is 0 Å². The van der Waals surface area contributed by atoms with Crippen LogP contribution >= 0.6 is 0 Å². The summed E-state index contributed by atoms with van der Waals surface area (Å²) in [6.45, 7) is 4.49. The van der Waals surface area contributed by atoms with Crippen LogP contribution in [0, 0.1) is 13.8 Å². The van der Waals surface area contributed by atoms with Crippen LogP contribution in [0.1, 0.15) is 11.1 Å². The molecule has 0 heteroatoms. The summed E-state index contributed by atoms with van der Waals surface area (Å²) in [4.78, 5) is 0. The van der Waals surface area contributed by atoms with Crippen molar-refractivity contribution >= 4 is 64.6 Å². The molecule has 9 aromatic rings. The monoisotopic (exact) mass is 532 g/mol. The van der Waals surface area contributed by atoms with E-state index in [0.717, 1.165) is 0 Å². The lowest BCUT2D eigenvalue weighted by molar-refractivity contribution is 1.55. The molecule has 0 spiro atoms. The zero-order valence-electron chi connectivity index (χ0n) is 23.7. The van der Waals surface area contributed by atoms with Gasteiger partial charge in [0.15, 0.2) is 0 Å². The topological polar surface area (TPSA) is 0 Å². The largest absolute Gasteiger partial charge is 0.0616 e. The maximum absolute atomic E-state index is 2.45. The molecular weight excluding hydrogens is 504 g/mol.